The van der Waals surface area contributed by atoms with Crippen molar-refractivity contribution >= 4 is 50.6 Å². The normalized spacial score (nSPS) is 10.6. The molecule has 1 heterocycles. The van der Waals surface area contributed by atoms with E-state index in [9.17, 15) is 0 Å². The maximum absolute atomic E-state index is 5.83. The van der Waals surface area contributed by atoms with Crippen LogP contribution in [0, 0.1) is 0 Å². The number of hydrogen-bond acceptors (Lipinski definition) is 2. The molecule has 0 spiro atoms. The van der Waals surface area contributed by atoms with Crippen molar-refractivity contribution in [3.05, 3.63) is 55.6 Å². The summed E-state index contributed by atoms with van der Waals surface area (Å²) in [6, 6.07) is 12.3. The first-order valence-electron chi connectivity index (χ1n) is 4.80. The molecule has 0 amide bonds. The first kappa shape index (κ1) is 12.5. The maximum Gasteiger partial charge on any atom is 0.0701 e. The topological polar surface area (TPSA) is 0 Å². The van der Waals surface area contributed by atoms with Crippen LogP contribution < -0.4 is 0 Å². The summed E-state index contributed by atoms with van der Waals surface area (Å²) in [6.07, 6.45) is 0. The Kier molecular flexibility index (Phi) is 4.77. The second kappa shape index (κ2) is 6.10. The summed E-state index contributed by atoms with van der Waals surface area (Å²) in [6.45, 7) is 0. The lowest BCUT2D eigenvalue weighted by molar-refractivity contribution is 1.40. The standard InChI is InChI=1S/C12H10BrClS2/c13-12-6-5-11(16-12)8-15-7-9-1-3-10(14)4-2-9/h1-6H,7-8H2. The third kappa shape index (κ3) is 3.81. The molecule has 2 rings (SSSR count). The molecule has 0 aliphatic carbocycles. The highest BCUT2D eigenvalue weighted by Crippen LogP contribution is 2.27. The molecule has 0 saturated heterocycles. The summed E-state index contributed by atoms with van der Waals surface area (Å²) in [5, 5.41) is 0.802. The van der Waals surface area contributed by atoms with Crippen LogP contribution in [0.15, 0.2) is 40.2 Å². The van der Waals surface area contributed by atoms with Crippen LogP contribution in [0.25, 0.3) is 0 Å². The molecule has 0 bridgehead atoms. The highest BCUT2D eigenvalue weighted by atomic mass is 79.9. The number of rotatable bonds is 4. The van der Waals surface area contributed by atoms with Gasteiger partial charge in [0.05, 0.1) is 3.79 Å². The SMILES string of the molecule is Clc1ccc(CSCc2ccc(Br)s2)cc1. The minimum absolute atomic E-state index is 0.802. The quantitative estimate of drug-likeness (QED) is 0.702. The molecule has 1 aromatic heterocycles. The number of thioether (sulfide) groups is 1. The summed E-state index contributed by atoms with van der Waals surface area (Å²) in [7, 11) is 0. The fourth-order valence-corrected chi connectivity index (χ4v) is 4.00. The largest absolute Gasteiger partial charge is 0.152 e. The molecule has 16 heavy (non-hydrogen) atoms. The molecule has 0 aliphatic rings. The van der Waals surface area contributed by atoms with Crippen LogP contribution in [-0.4, -0.2) is 0 Å². The highest BCUT2D eigenvalue weighted by molar-refractivity contribution is 9.11. The van der Waals surface area contributed by atoms with Crippen molar-refractivity contribution in [3.8, 4) is 0 Å². The Morgan fingerprint density at radius 2 is 1.81 bits per heavy atom. The van der Waals surface area contributed by atoms with E-state index in [0.717, 1.165) is 16.5 Å². The lowest BCUT2D eigenvalue weighted by Crippen LogP contribution is -1.80. The van der Waals surface area contributed by atoms with Gasteiger partial charge in [-0.15, -0.1) is 11.3 Å². The van der Waals surface area contributed by atoms with Crippen LogP contribution in [0.5, 0.6) is 0 Å². The van der Waals surface area contributed by atoms with Crippen LogP contribution in [-0.2, 0) is 11.5 Å². The van der Waals surface area contributed by atoms with Gasteiger partial charge >= 0.3 is 0 Å². The Balaban J connectivity index is 1.82. The van der Waals surface area contributed by atoms with E-state index in [2.05, 4.69) is 40.2 Å². The lowest BCUT2D eigenvalue weighted by Gasteiger charge is -2.00. The Morgan fingerprint density at radius 3 is 2.44 bits per heavy atom. The average molecular weight is 334 g/mol. The van der Waals surface area contributed by atoms with Gasteiger partial charge in [-0.3, -0.25) is 0 Å². The van der Waals surface area contributed by atoms with Crippen LogP contribution in [0.3, 0.4) is 0 Å². The second-order valence-corrected chi connectivity index (χ2v) is 7.29. The summed E-state index contributed by atoms with van der Waals surface area (Å²) in [5.41, 5.74) is 1.32. The van der Waals surface area contributed by atoms with Gasteiger partial charge in [-0.25, -0.2) is 0 Å². The van der Waals surface area contributed by atoms with Gasteiger partial charge in [0.2, 0.25) is 0 Å². The van der Waals surface area contributed by atoms with Crippen LogP contribution in [0.1, 0.15) is 10.4 Å². The molecule has 0 atom stereocenters. The molecule has 0 fully saturated rings. The maximum atomic E-state index is 5.83. The van der Waals surface area contributed by atoms with Crippen LogP contribution in [0.2, 0.25) is 5.02 Å². The van der Waals surface area contributed by atoms with Gasteiger partial charge in [0.25, 0.3) is 0 Å². The van der Waals surface area contributed by atoms with E-state index < -0.39 is 0 Å². The Bertz CT molecular complexity index is 450. The van der Waals surface area contributed by atoms with Gasteiger partial charge in [0.15, 0.2) is 0 Å². The van der Waals surface area contributed by atoms with E-state index in [4.69, 9.17) is 11.6 Å². The van der Waals surface area contributed by atoms with Gasteiger partial charge in [-0.05, 0) is 45.8 Å². The molecule has 0 saturated carbocycles. The molecule has 2 aromatic rings. The molecule has 84 valence electrons. The van der Waals surface area contributed by atoms with Crippen LogP contribution in [0.4, 0.5) is 0 Å². The van der Waals surface area contributed by atoms with Gasteiger partial charge in [-0.1, -0.05) is 23.7 Å². The van der Waals surface area contributed by atoms with Gasteiger partial charge in [0.1, 0.15) is 0 Å². The predicted molar refractivity (Wildman–Crippen MR) is 78.5 cm³/mol. The average Bonchev–Trinajstić information content (AvgIpc) is 2.67. The minimum atomic E-state index is 0.802. The van der Waals surface area contributed by atoms with Crippen LogP contribution >= 0.6 is 50.6 Å². The second-order valence-electron chi connectivity index (χ2n) is 3.33. The Labute approximate surface area is 117 Å². The van der Waals surface area contributed by atoms with E-state index >= 15 is 0 Å². The molecule has 4 heteroatoms. The van der Waals surface area contributed by atoms with Crippen molar-refractivity contribution in [2.24, 2.45) is 0 Å². The molecule has 1 aromatic carbocycles. The third-order valence-electron chi connectivity index (χ3n) is 2.06. The van der Waals surface area contributed by atoms with Crippen molar-refractivity contribution in [1.29, 1.82) is 0 Å². The molecular formula is C12H10BrClS2. The fourth-order valence-electron chi connectivity index (χ4n) is 1.28. The third-order valence-corrected chi connectivity index (χ3v) is 5.17. The zero-order chi connectivity index (χ0) is 11.4. The monoisotopic (exact) mass is 332 g/mol. The molecule has 0 unspecified atom stereocenters. The fraction of sp³-hybridized carbons (Fsp3) is 0.167. The molecule has 0 nitrogen and oxygen atoms in total. The highest BCUT2D eigenvalue weighted by Gasteiger charge is 1.99. The summed E-state index contributed by atoms with van der Waals surface area (Å²) >= 11 is 13.0. The molecular weight excluding hydrogens is 324 g/mol. The van der Waals surface area contributed by atoms with Crippen molar-refractivity contribution in [2.75, 3.05) is 0 Å². The van der Waals surface area contributed by atoms with Crippen molar-refractivity contribution in [3.63, 3.8) is 0 Å². The lowest BCUT2D eigenvalue weighted by atomic mass is 10.2. The number of thiophene rings is 1. The van der Waals surface area contributed by atoms with E-state index in [0.29, 0.717) is 0 Å². The van der Waals surface area contributed by atoms with E-state index in [1.807, 2.05) is 23.9 Å². The van der Waals surface area contributed by atoms with Gasteiger partial charge < -0.3 is 0 Å². The van der Waals surface area contributed by atoms with E-state index in [1.54, 1.807) is 11.3 Å². The molecule has 0 N–H and O–H groups in total. The first-order chi connectivity index (χ1) is 7.74. The first-order valence-corrected chi connectivity index (χ1v) is 7.94. The Morgan fingerprint density at radius 1 is 1.06 bits per heavy atom. The smallest absolute Gasteiger partial charge is 0.0701 e. The number of halogens is 2. The zero-order valence-electron chi connectivity index (χ0n) is 8.45. The summed E-state index contributed by atoms with van der Waals surface area (Å²) in [4.78, 5) is 1.41. The molecule has 0 aliphatic heterocycles. The van der Waals surface area contributed by atoms with Crippen molar-refractivity contribution in [2.45, 2.75) is 11.5 Å². The number of benzene rings is 1. The van der Waals surface area contributed by atoms with Gasteiger partial charge in [-0.2, -0.15) is 11.8 Å². The predicted octanol–water partition coefficient (Wildman–Crippen LogP) is 5.60. The summed E-state index contributed by atoms with van der Waals surface area (Å²) in [5.74, 6) is 2.10. The van der Waals surface area contributed by atoms with Gasteiger partial charge in [0, 0.05) is 21.4 Å². The Hall–Kier alpha value is 0.0400. The zero-order valence-corrected chi connectivity index (χ0v) is 12.4. The molecule has 0 radical (unpaired) electrons. The van der Waals surface area contributed by atoms with E-state index in [1.165, 1.54) is 14.2 Å². The van der Waals surface area contributed by atoms with E-state index in [-0.39, 0.29) is 0 Å². The van der Waals surface area contributed by atoms with Crippen molar-refractivity contribution < 1.29 is 0 Å². The number of hydrogen-bond donors (Lipinski definition) is 0. The van der Waals surface area contributed by atoms with Crippen molar-refractivity contribution in [1.82, 2.24) is 0 Å². The summed E-state index contributed by atoms with van der Waals surface area (Å²) < 4.78 is 1.20. The minimum Gasteiger partial charge on any atom is -0.152 e.